The molecule has 0 radical (unpaired) electrons. The molecular formula is C7H16O2Si. The molecule has 0 bridgehead atoms. The summed E-state index contributed by atoms with van der Waals surface area (Å²) in [6.07, 6.45) is -0.109. The molecule has 0 rings (SSSR count). The molecule has 10 heavy (non-hydrogen) atoms. The maximum atomic E-state index is 5.38. The lowest BCUT2D eigenvalue weighted by molar-refractivity contribution is -0.0733. The average Bonchev–Trinajstić information content (AvgIpc) is 1.87. The van der Waals surface area contributed by atoms with Gasteiger partial charge in [0.25, 0.3) is 0 Å². The molecule has 0 aliphatic rings. The quantitative estimate of drug-likeness (QED) is 0.342. The second kappa shape index (κ2) is 4.52. The molecule has 0 aliphatic carbocycles. The molecule has 1 unspecified atom stereocenters. The maximum absolute atomic E-state index is 5.38. The molecule has 1 atom stereocenters. The predicted molar refractivity (Wildman–Crippen MR) is 45.9 cm³/mol. The van der Waals surface area contributed by atoms with E-state index in [1.54, 1.807) is 7.11 Å². The zero-order valence-electron chi connectivity index (χ0n) is 7.39. The van der Waals surface area contributed by atoms with Gasteiger partial charge in [0.2, 0.25) is 0 Å². The Balaban J connectivity index is 3.79. The summed E-state index contributed by atoms with van der Waals surface area (Å²) in [5.41, 5.74) is 1.25. The minimum Gasteiger partial charge on any atom is -0.476 e. The largest absolute Gasteiger partial charge is 0.476 e. The molecule has 0 aromatic rings. The lowest BCUT2D eigenvalue weighted by Crippen LogP contribution is -2.10. The highest BCUT2D eigenvalue weighted by atomic mass is 28.1. The fourth-order valence-electron chi connectivity index (χ4n) is 0.415. The molecule has 0 amide bonds. The van der Waals surface area contributed by atoms with Gasteiger partial charge in [0, 0.05) is 7.11 Å². The molecule has 2 nitrogen and oxygen atoms in total. The smallest absolute Gasteiger partial charge is 0.195 e. The zero-order valence-corrected chi connectivity index (χ0v) is 9.39. The average molecular weight is 160 g/mol. The van der Waals surface area contributed by atoms with Crippen molar-refractivity contribution in [2.45, 2.75) is 27.1 Å². The van der Waals surface area contributed by atoms with Crippen LogP contribution in [0, 0.1) is 0 Å². The summed E-state index contributed by atoms with van der Waals surface area (Å²) >= 11 is 0. The first-order valence-electron chi connectivity index (χ1n) is 3.41. The number of hydrogen-bond acceptors (Lipinski definition) is 2. The van der Waals surface area contributed by atoms with Crippen LogP contribution in [0.1, 0.15) is 20.8 Å². The van der Waals surface area contributed by atoms with Gasteiger partial charge in [-0.2, -0.15) is 0 Å². The summed E-state index contributed by atoms with van der Waals surface area (Å²) in [5.74, 6) is 0. The van der Waals surface area contributed by atoms with Crippen LogP contribution in [0.15, 0.2) is 11.0 Å². The SMILES string of the molecule is COC(C)OC([SiH3])=C(C)C. The van der Waals surface area contributed by atoms with Gasteiger partial charge in [-0.25, -0.2) is 0 Å². The van der Waals surface area contributed by atoms with Crippen LogP contribution in [0.3, 0.4) is 0 Å². The van der Waals surface area contributed by atoms with E-state index in [0.717, 1.165) is 15.6 Å². The van der Waals surface area contributed by atoms with Crippen molar-refractivity contribution in [3.63, 3.8) is 0 Å². The van der Waals surface area contributed by atoms with Crippen molar-refractivity contribution in [1.29, 1.82) is 0 Å². The molecule has 3 heteroatoms. The standard InChI is InChI=1S/C7H16O2Si/c1-5(2)7(10)9-6(3)8-4/h6H,1-4,10H3. The lowest BCUT2D eigenvalue weighted by atomic mass is 10.4. The van der Waals surface area contributed by atoms with Gasteiger partial charge < -0.3 is 9.47 Å². The van der Waals surface area contributed by atoms with E-state index in [2.05, 4.69) is 0 Å². The normalized spacial score (nSPS) is 12.8. The second-order valence-corrected chi connectivity index (χ2v) is 3.39. The number of methoxy groups -OCH3 is 1. The van der Waals surface area contributed by atoms with Crippen molar-refractivity contribution in [2.24, 2.45) is 0 Å². The molecule has 0 N–H and O–H groups in total. The van der Waals surface area contributed by atoms with Crippen LogP contribution in [0.5, 0.6) is 0 Å². The summed E-state index contributed by atoms with van der Waals surface area (Å²) in [7, 11) is 2.60. The molecule has 0 spiro atoms. The van der Waals surface area contributed by atoms with Crippen LogP contribution in [0.2, 0.25) is 0 Å². The maximum Gasteiger partial charge on any atom is 0.195 e. The van der Waals surface area contributed by atoms with Crippen molar-refractivity contribution < 1.29 is 9.47 Å². The lowest BCUT2D eigenvalue weighted by Gasteiger charge is -2.14. The highest BCUT2D eigenvalue weighted by molar-refractivity contribution is 6.20. The van der Waals surface area contributed by atoms with E-state index in [1.165, 1.54) is 5.57 Å². The molecule has 0 aliphatic heterocycles. The Bertz CT molecular complexity index is 128. The topological polar surface area (TPSA) is 18.5 Å². The summed E-state index contributed by atoms with van der Waals surface area (Å²) in [6.45, 7) is 5.98. The summed E-state index contributed by atoms with van der Waals surface area (Å²) in [5, 5.41) is 1.08. The molecular weight excluding hydrogens is 144 g/mol. The van der Waals surface area contributed by atoms with Crippen LogP contribution >= 0.6 is 0 Å². The molecule has 0 saturated heterocycles. The van der Waals surface area contributed by atoms with Gasteiger partial charge >= 0.3 is 0 Å². The monoisotopic (exact) mass is 160 g/mol. The zero-order chi connectivity index (χ0) is 8.15. The van der Waals surface area contributed by atoms with E-state index in [1.807, 2.05) is 20.8 Å². The van der Waals surface area contributed by atoms with E-state index in [-0.39, 0.29) is 6.29 Å². The number of rotatable bonds is 3. The molecule has 0 aromatic carbocycles. The Morgan fingerprint density at radius 3 is 2.20 bits per heavy atom. The van der Waals surface area contributed by atoms with E-state index >= 15 is 0 Å². The first kappa shape index (κ1) is 9.72. The highest BCUT2D eigenvalue weighted by Gasteiger charge is 1.99. The molecule has 0 aromatic heterocycles. The third-order valence-corrected chi connectivity index (χ3v) is 2.61. The van der Waals surface area contributed by atoms with Crippen LogP contribution in [-0.4, -0.2) is 23.6 Å². The van der Waals surface area contributed by atoms with Crippen LogP contribution in [-0.2, 0) is 9.47 Å². The van der Waals surface area contributed by atoms with E-state index in [9.17, 15) is 0 Å². The Kier molecular flexibility index (Phi) is 4.39. The Morgan fingerprint density at radius 1 is 1.40 bits per heavy atom. The Morgan fingerprint density at radius 2 is 1.90 bits per heavy atom. The van der Waals surface area contributed by atoms with Gasteiger partial charge in [-0.05, 0) is 26.3 Å². The summed E-state index contributed by atoms with van der Waals surface area (Å²) in [6, 6.07) is 0. The van der Waals surface area contributed by atoms with E-state index in [0.29, 0.717) is 0 Å². The third-order valence-electron chi connectivity index (χ3n) is 1.38. The fraction of sp³-hybridized carbons (Fsp3) is 0.714. The van der Waals surface area contributed by atoms with Crippen LogP contribution in [0.4, 0.5) is 0 Å². The molecule has 60 valence electrons. The van der Waals surface area contributed by atoms with E-state index < -0.39 is 0 Å². The minimum absolute atomic E-state index is 0.109. The van der Waals surface area contributed by atoms with Crippen LogP contribution < -0.4 is 0 Å². The fourth-order valence-corrected chi connectivity index (χ4v) is 0.747. The number of hydrogen-bond donors (Lipinski definition) is 0. The first-order chi connectivity index (χ1) is 4.57. The predicted octanol–water partition coefficient (Wildman–Crippen LogP) is 0.612. The van der Waals surface area contributed by atoms with Crippen molar-refractivity contribution in [3.8, 4) is 0 Å². The van der Waals surface area contributed by atoms with Crippen molar-refractivity contribution >= 4 is 10.2 Å². The van der Waals surface area contributed by atoms with Crippen LogP contribution in [0.25, 0.3) is 0 Å². The minimum atomic E-state index is -0.109. The number of allylic oxidation sites excluding steroid dienone is 1. The van der Waals surface area contributed by atoms with Crippen molar-refractivity contribution in [2.75, 3.05) is 7.11 Å². The Hall–Kier alpha value is -0.283. The summed E-state index contributed by atoms with van der Waals surface area (Å²) < 4.78 is 10.3. The van der Waals surface area contributed by atoms with Gasteiger partial charge in [-0.3, -0.25) is 0 Å². The van der Waals surface area contributed by atoms with E-state index in [4.69, 9.17) is 9.47 Å². The van der Waals surface area contributed by atoms with Gasteiger partial charge in [-0.1, -0.05) is 0 Å². The molecule has 0 saturated carbocycles. The molecule has 0 heterocycles. The van der Waals surface area contributed by atoms with Gasteiger partial charge in [-0.15, -0.1) is 0 Å². The van der Waals surface area contributed by atoms with Crippen molar-refractivity contribution in [3.05, 3.63) is 11.0 Å². The van der Waals surface area contributed by atoms with Gasteiger partial charge in [0.15, 0.2) is 6.29 Å². The van der Waals surface area contributed by atoms with Crippen molar-refractivity contribution in [1.82, 2.24) is 0 Å². The third kappa shape index (κ3) is 3.69. The Labute approximate surface area is 65.6 Å². The molecule has 0 fully saturated rings. The van der Waals surface area contributed by atoms with Gasteiger partial charge in [0.05, 0.1) is 15.6 Å². The number of ether oxygens (including phenoxy) is 2. The second-order valence-electron chi connectivity index (χ2n) is 2.48. The highest BCUT2D eigenvalue weighted by Crippen LogP contribution is 2.03. The first-order valence-corrected chi connectivity index (χ1v) is 4.41. The van der Waals surface area contributed by atoms with Gasteiger partial charge in [0.1, 0.15) is 0 Å². The summed E-state index contributed by atoms with van der Waals surface area (Å²) in [4.78, 5) is 0.